The number of ether oxygens (including phenoxy) is 1. The zero-order chi connectivity index (χ0) is 16.4. The maximum Gasteiger partial charge on any atom is 0.180 e. The van der Waals surface area contributed by atoms with Crippen molar-refractivity contribution in [3.05, 3.63) is 29.8 Å². The summed E-state index contributed by atoms with van der Waals surface area (Å²) in [4.78, 5) is 3.53. The van der Waals surface area contributed by atoms with E-state index in [1.807, 2.05) is 19.3 Å². The smallest absolute Gasteiger partial charge is 0.180 e. The molecule has 2 aliphatic rings. The minimum atomic E-state index is 0.318. The second kappa shape index (κ2) is 7.03. The van der Waals surface area contributed by atoms with Crippen LogP contribution in [-0.2, 0) is 4.74 Å². The molecule has 128 valence electrons. The molecule has 0 spiro atoms. The van der Waals surface area contributed by atoms with Gasteiger partial charge in [-0.3, -0.25) is 4.90 Å². The van der Waals surface area contributed by atoms with Crippen molar-refractivity contribution in [3.8, 4) is 10.6 Å². The fraction of sp³-hybridized carbons (Fsp3) is 0.588. The highest BCUT2D eigenvalue weighted by molar-refractivity contribution is 7.09. The van der Waals surface area contributed by atoms with E-state index in [0.29, 0.717) is 12.0 Å². The first-order valence-corrected chi connectivity index (χ1v) is 9.35. The predicted octanol–water partition coefficient (Wildman–Crippen LogP) is 3.37. The second-order valence-corrected chi connectivity index (χ2v) is 7.38. The fourth-order valence-electron chi connectivity index (χ4n) is 3.56. The Hall–Kier alpha value is -1.73. The summed E-state index contributed by atoms with van der Waals surface area (Å²) >= 11 is 1.40. The number of piperidine rings is 1. The molecule has 0 aliphatic carbocycles. The number of nitrogens with zero attached hydrogens (tertiary/aromatic N) is 4. The van der Waals surface area contributed by atoms with Crippen molar-refractivity contribution in [3.63, 3.8) is 0 Å². The van der Waals surface area contributed by atoms with E-state index in [-0.39, 0.29) is 0 Å². The summed E-state index contributed by atoms with van der Waals surface area (Å²) in [5.41, 5.74) is 1.95. The van der Waals surface area contributed by atoms with Gasteiger partial charge in [-0.25, -0.2) is 0 Å². The van der Waals surface area contributed by atoms with E-state index in [1.54, 1.807) is 0 Å². The molecule has 0 bridgehead atoms. The van der Waals surface area contributed by atoms with Gasteiger partial charge in [-0.05, 0) is 56.8 Å². The van der Waals surface area contributed by atoms with Crippen LogP contribution in [0.3, 0.4) is 0 Å². The van der Waals surface area contributed by atoms with Crippen molar-refractivity contribution in [1.82, 2.24) is 19.6 Å². The van der Waals surface area contributed by atoms with Crippen LogP contribution in [0.4, 0.5) is 0 Å². The fourth-order valence-corrected chi connectivity index (χ4v) is 4.26. The van der Waals surface area contributed by atoms with Gasteiger partial charge in [-0.15, -0.1) is 5.10 Å². The minimum Gasteiger partial charge on any atom is -0.497 e. The van der Waals surface area contributed by atoms with Crippen LogP contribution in [0, 0.1) is 6.92 Å². The minimum absolute atomic E-state index is 0.318. The molecular formula is C17H22N4O2S. The van der Waals surface area contributed by atoms with Gasteiger partial charge in [0.1, 0.15) is 11.0 Å². The Labute approximate surface area is 145 Å². The third-order valence-corrected chi connectivity index (χ3v) is 5.50. The molecular weight excluding hydrogens is 324 g/mol. The Morgan fingerprint density at radius 3 is 3.12 bits per heavy atom. The molecule has 0 aromatic carbocycles. The third-order valence-electron chi connectivity index (χ3n) is 4.74. The monoisotopic (exact) mass is 346 g/mol. The second-order valence-electron chi connectivity index (χ2n) is 6.63. The average molecular weight is 346 g/mol. The van der Waals surface area contributed by atoms with Gasteiger partial charge in [0, 0.05) is 25.1 Å². The molecule has 1 fully saturated rings. The molecule has 2 aliphatic heterocycles. The molecule has 6 nitrogen and oxygen atoms in total. The molecule has 7 heteroatoms. The Kier molecular flexibility index (Phi) is 4.62. The lowest BCUT2D eigenvalue weighted by molar-refractivity contribution is 0.0671. The predicted molar refractivity (Wildman–Crippen MR) is 91.8 cm³/mol. The van der Waals surface area contributed by atoms with Gasteiger partial charge in [0.05, 0.1) is 17.6 Å². The van der Waals surface area contributed by atoms with Gasteiger partial charge in [-0.2, -0.15) is 0 Å². The maximum absolute atomic E-state index is 5.73. The van der Waals surface area contributed by atoms with Crippen LogP contribution in [0.2, 0.25) is 0 Å². The summed E-state index contributed by atoms with van der Waals surface area (Å²) in [7, 11) is 0. The average Bonchev–Trinajstić information content (AvgIpc) is 3.24. The molecule has 2 aromatic rings. The van der Waals surface area contributed by atoms with Gasteiger partial charge in [0.25, 0.3) is 0 Å². The van der Waals surface area contributed by atoms with Gasteiger partial charge in [0.2, 0.25) is 0 Å². The van der Waals surface area contributed by atoms with Crippen LogP contribution < -0.4 is 0 Å². The van der Waals surface area contributed by atoms with Gasteiger partial charge in [-0.1, -0.05) is 9.64 Å². The molecule has 0 radical (unpaired) electrons. The standard InChI is InChI=1S/C17H22N4O2S/c1-12-9-15(23-19-12)17-16(18-20-24-17)13-5-4-7-21(10-13)11-14-6-2-3-8-22-14/h3,8-9,13-14H,2,4-7,10-11H2,1H3. The van der Waals surface area contributed by atoms with Crippen LogP contribution in [0.15, 0.2) is 22.9 Å². The van der Waals surface area contributed by atoms with Crippen LogP contribution in [-0.4, -0.2) is 45.4 Å². The largest absolute Gasteiger partial charge is 0.497 e. The Balaban J connectivity index is 1.46. The molecule has 0 N–H and O–H groups in total. The quantitative estimate of drug-likeness (QED) is 0.846. The van der Waals surface area contributed by atoms with Gasteiger partial charge in [0.15, 0.2) is 5.76 Å². The number of rotatable bonds is 4. The summed E-state index contributed by atoms with van der Waals surface area (Å²) in [6.07, 6.45) is 8.82. The highest BCUT2D eigenvalue weighted by atomic mass is 32.1. The molecule has 2 aromatic heterocycles. The van der Waals surface area contributed by atoms with E-state index >= 15 is 0 Å². The summed E-state index contributed by atoms with van der Waals surface area (Å²) in [5, 5.41) is 8.41. The van der Waals surface area contributed by atoms with E-state index in [0.717, 1.165) is 60.9 Å². The van der Waals surface area contributed by atoms with Crippen LogP contribution in [0.1, 0.15) is 43.0 Å². The van der Waals surface area contributed by atoms with E-state index in [2.05, 4.69) is 25.7 Å². The lowest BCUT2D eigenvalue weighted by Gasteiger charge is -2.34. The number of hydrogen-bond acceptors (Lipinski definition) is 7. The van der Waals surface area contributed by atoms with Crippen molar-refractivity contribution < 1.29 is 9.26 Å². The Bertz CT molecular complexity index is 711. The Morgan fingerprint density at radius 2 is 2.33 bits per heavy atom. The van der Waals surface area contributed by atoms with Crippen molar-refractivity contribution in [2.45, 2.75) is 44.6 Å². The molecule has 4 heterocycles. The van der Waals surface area contributed by atoms with Crippen LogP contribution in [0.5, 0.6) is 0 Å². The van der Waals surface area contributed by atoms with E-state index in [1.165, 1.54) is 18.0 Å². The van der Waals surface area contributed by atoms with E-state index in [9.17, 15) is 0 Å². The molecule has 0 saturated carbocycles. The highest BCUT2D eigenvalue weighted by Gasteiger charge is 2.29. The zero-order valence-corrected chi connectivity index (χ0v) is 14.7. The first kappa shape index (κ1) is 15.8. The van der Waals surface area contributed by atoms with Crippen molar-refractivity contribution in [1.29, 1.82) is 0 Å². The lowest BCUT2D eigenvalue weighted by Crippen LogP contribution is -2.40. The number of hydrogen-bond donors (Lipinski definition) is 0. The number of allylic oxidation sites excluding steroid dienone is 1. The highest BCUT2D eigenvalue weighted by Crippen LogP contribution is 2.35. The van der Waals surface area contributed by atoms with Crippen molar-refractivity contribution in [2.24, 2.45) is 0 Å². The normalized spacial score (nSPS) is 24.9. The van der Waals surface area contributed by atoms with Crippen LogP contribution in [0.25, 0.3) is 10.6 Å². The molecule has 2 unspecified atom stereocenters. The SMILES string of the molecule is Cc1cc(-c2snnc2C2CCCN(CC3CCC=CO3)C2)on1. The summed E-state index contributed by atoms with van der Waals surface area (Å²) < 4.78 is 15.3. The molecule has 0 amide bonds. The zero-order valence-electron chi connectivity index (χ0n) is 13.9. The van der Waals surface area contributed by atoms with Crippen LogP contribution >= 0.6 is 11.5 Å². The first-order chi connectivity index (χ1) is 11.8. The maximum atomic E-state index is 5.73. The van der Waals surface area contributed by atoms with Gasteiger partial charge < -0.3 is 9.26 Å². The molecule has 1 saturated heterocycles. The molecule has 24 heavy (non-hydrogen) atoms. The summed E-state index contributed by atoms with van der Waals surface area (Å²) in [6.45, 7) is 5.07. The number of aryl methyl sites for hydroxylation is 1. The number of likely N-dealkylation sites (tertiary alicyclic amines) is 1. The van der Waals surface area contributed by atoms with Gasteiger partial charge >= 0.3 is 0 Å². The van der Waals surface area contributed by atoms with Crippen molar-refractivity contribution >= 4 is 11.5 Å². The van der Waals surface area contributed by atoms with E-state index < -0.39 is 0 Å². The summed E-state index contributed by atoms with van der Waals surface area (Å²) in [6, 6.07) is 1.96. The third kappa shape index (κ3) is 3.37. The van der Waals surface area contributed by atoms with Crippen molar-refractivity contribution in [2.75, 3.05) is 19.6 Å². The molecule has 2 atom stereocenters. The topological polar surface area (TPSA) is 64.3 Å². The van der Waals surface area contributed by atoms with E-state index in [4.69, 9.17) is 9.26 Å². The Morgan fingerprint density at radius 1 is 1.38 bits per heavy atom. The lowest BCUT2D eigenvalue weighted by atomic mass is 9.93. The number of aromatic nitrogens is 3. The summed E-state index contributed by atoms with van der Waals surface area (Å²) in [5.74, 6) is 1.19. The molecule has 4 rings (SSSR count). The first-order valence-electron chi connectivity index (χ1n) is 8.58.